The SMILES string of the molecule is O=C(O)c1cccc(/C=C/c2ccc(N=Nc3cc(S(=O)(=O)O)c4cccnc4c3O)cc2C(=O)O)c1.[Na+]. The first-order valence-electron chi connectivity index (χ1n) is 10.4. The smallest absolute Gasteiger partial charge is 0.504 e. The van der Waals surface area contributed by atoms with Crippen LogP contribution >= 0.6 is 0 Å². The molecule has 0 radical (unpaired) electrons. The molecule has 4 rings (SSSR count). The van der Waals surface area contributed by atoms with E-state index < -0.39 is 32.7 Å². The van der Waals surface area contributed by atoms with Gasteiger partial charge in [0.15, 0.2) is 5.75 Å². The minimum atomic E-state index is -4.68. The van der Waals surface area contributed by atoms with Crippen molar-refractivity contribution in [3.05, 3.63) is 89.1 Å². The number of carboxylic acids is 2. The number of hydrogen-bond acceptors (Lipinski definition) is 8. The fourth-order valence-corrected chi connectivity index (χ4v) is 4.19. The van der Waals surface area contributed by atoms with Crippen LogP contribution in [0.3, 0.4) is 0 Å². The quantitative estimate of drug-likeness (QED) is 0.117. The maximum Gasteiger partial charge on any atom is 1.00 e. The number of hydrogen-bond donors (Lipinski definition) is 4. The van der Waals surface area contributed by atoms with E-state index in [1.807, 2.05) is 0 Å². The molecule has 0 amide bonds. The number of rotatable bonds is 7. The standard InChI is InChI=1S/C25H17N3O8S.Na/c29-23-20(13-21(37(34,35)36)18-5-2-10-26-22(18)23)28-27-17-9-8-15(19(12-17)25(32)33)7-6-14-3-1-4-16(11-14)24(30)31;/h1-13,29H,(H,30,31)(H,32,33)(H,34,35,36);/q;+1/b7-6+,28-27?;. The number of aromatic nitrogens is 1. The Morgan fingerprint density at radius 2 is 1.66 bits per heavy atom. The zero-order valence-corrected chi connectivity index (χ0v) is 22.5. The molecule has 13 heteroatoms. The van der Waals surface area contributed by atoms with Gasteiger partial charge in [-0.2, -0.15) is 13.5 Å². The summed E-state index contributed by atoms with van der Waals surface area (Å²) in [6.45, 7) is 0. The summed E-state index contributed by atoms with van der Waals surface area (Å²) in [5.41, 5.74) is 0.457. The predicted octanol–water partition coefficient (Wildman–Crippen LogP) is 2.17. The van der Waals surface area contributed by atoms with Gasteiger partial charge in [-0.3, -0.25) is 9.54 Å². The zero-order chi connectivity index (χ0) is 26.7. The van der Waals surface area contributed by atoms with Crippen molar-refractivity contribution in [3.8, 4) is 5.75 Å². The molecular formula is C25H17N3NaO8S+. The van der Waals surface area contributed by atoms with Crippen molar-refractivity contribution in [3.63, 3.8) is 0 Å². The van der Waals surface area contributed by atoms with Crippen LogP contribution in [0, 0.1) is 0 Å². The van der Waals surface area contributed by atoms with Crippen molar-refractivity contribution >= 4 is 56.5 Å². The van der Waals surface area contributed by atoms with Crippen molar-refractivity contribution in [2.75, 3.05) is 0 Å². The number of aromatic carboxylic acids is 2. The molecule has 0 unspecified atom stereocenters. The summed E-state index contributed by atoms with van der Waals surface area (Å²) < 4.78 is 33.2. The fraction of sp³-hybridized carbons (Fsp3) is 0. The van der Waals surface area contributed by atoms with Crippen LogP contribution in [0.4, 0.5) is 11.4 Å². The first kappa shape index (κ1) is 28.6. The van der Waals surface area contributed by atoms with E-state index in [1.165, 1.54) is 54.7 Å². The number of fused-ring (bicyclic) bond motifs is 1. The summed E-state index contributed by atoms with van der Waals surface area (Å²) in [6, 6.07) is 14.0. The average molecular weight is 542 g/mol. The summed E-state index contributed by atoms with van der Waals surface area (Å²) in [5.74, 6) is -2.83. The molecule has 1 aromatic heterocycles. The van der Waals surface area contributed by atoms with Gasteiger partial charge in [0, 0.05) is 11.6 Å². The Kier molecular flexibility index (Phi) is 8.76. The maximum absolute atomic E-state index is 11.8. The summed E-state index contributed by atoms with van der Waals surface area (Å²) in [5, 5.41) is 37.0. The molecule has 0 aliphatic heterocycles. The van der Waals surface area contributed by atoms with Crippen LogP contribution in [0.1, 0.15) is 31.8 Å². The molecule has 0 spiro atoms. The zero-order valence-electron chi connectivity index (χ0n) is 19.7. The van der Waals surface area contributed by atoms with Gasteiger partial charge >= 0.3 is 41.5 Å². The number of azo groups is 1. The van der Waals surface area contributed by atoms with Crippen molar-refractivity contribution in [2.45, 2.75) is 4.90 Å². The molecule has 11 nitrogen and oxygen atoms in total. The molecule has 4 aromatic rings. The number of nitrogens with zero attached hydrogens (tertiary/aromatic N) is 3. The molecular weight excluding hydrogens is 525 g/mol. The Bertz CT molecular complexity index is 1740. The predicted molar refractivity (Wildman–Crippen MR) is 133 cm³/mol. The average Bonchev–Trinajstić information content (AvgIpc) is 2.86. The van der Waals surface area contributed by atoms with E-state index in [9.17, 15) is 32.8 Å². The number of aromatic hydroxyl groups is 1. The maximum atomic E-state index is 11.8. The number of phenols is 1. The number of carboxylic acid groups (broad SMARTS) is 2. The van der Waals surface area contributed by atoms with E-state index in [1.54, 1.807) is 18.2 Å². The summed E-state index contributed by atoms with van der Waals surface area (Å²) in [4.78, 5) is 26.4. The molecule has 0 bridgehead atoms. The van der Waals surface area contributed by atoms with Gasteiger partial charge in [0.1, 0.15) is 16.1 Å². The summed E-state index contributed by atoms with van der Waals surface area (Å²) in [6.07, 6.45) is 4.39. The Hall–Kier alpha value is -3.94. The molecule has 0 saturated carbocycles. The van der Waals surface area contributed by atoms with Gasteiger partial charge in [0.25, 0.3) is 10.1 Å². The summed E-state index contributed by atoms with van der Waals surface area (Å²) >= 11 is 0. The Labute approximate surface area is 237 Å². The van der Waals surface area contributed by atoms with Crippen molar-refractivity contribution < 1.29 is 67.4 Å². The Morgan fingerprint density at radius 1 is 0.895 bits per heavy atom. The van der Waals surface area contributed by atoms with Crippen LogP contribution in [0.2, 0.25) is 0 Å². The van der Waals surface area contributed by atoms with E-state index in [-0.39, 0.29) is 63.0 Å². The second-order valence-electron chi connectivity index (χ2n) is 7.66. The number of phenolic OH excluding ortho intramolecular Hbond substituents is 1. The Balaban J connectivity index is 0.00000400. The molecule has 38 heavy (non-hydrogen) atoms. The number of carbonyl (C=O) groups is 2. The Morgan fingerprint density at radius 3 is 2.34 bits per heavy atom. The number of benzene rings is 3. The van der Waals surface area contributed by atoms with E-state index in [4.69, 9.17) is 5.11 Å². The largest absolute Gasteiger partial charge is 1.00 e. The van der Waals surface area contributed by atoms with Crippen molar-refractivity contribution in [1.82, 2.24) is 4.98 Å². The van der Waals surface area contributed by atoms with Crippen molar-refractivity contribution in [2.24, 2.45) is 10.2 Å². The first-order valence-corrected chi connectivity index (χ1v) is 11.9. The summed E-state index contributed by atoms with van der Waals surface area (Å²) in [7, 11) is -4.68. The molecule has 3 aromatic carbocycles. The van der Waals surface area contributed by atoms with Gasteiger partial charge in [-0.15, -0.1) is 5.11 Å². The van der Waals surface area contributed by atoms with Crippen LogP contribution in [0.5, 0.6) is 5.75 Å². The minimum Gasteiger partial charge on any atom is -0.504 e. The molecule has 0 atom stereocenters. The van der Waals surface area contributed by atoms with Crippen LogP contribution in [-0.4, -0.2) is 45.2 Å². The topological polar surface area (TPSA) is 187 Å². The minimum absolute atomic E-state index is 0. The molecule has 0 aliphatic rings. The van der Waals surface area contributed by atoms with E-state index in [0.717, 1.165) is 6.07 Å². The van der Waals surface area contributed by atoms with Crippen LogP contribution in [0.25, 0.3) is 23.1 Å². The molecule has 186 valence electrons. The second kappa shape index (κ2) is 11.6. The van der Waals surface area contributed by atoms with Gasteiger partial charge in [-0.25, -0.2) is 9.59 Å². The van der Waals surface area contributed by atoms with E-state index >= 15 is 0 Å². The third kappa shape index (κ3) is 6.30. The van der Waals surface area contributed by atoms with Crippen LogP contribution in [-0.2, 0) is 10.1 Å². The number of pyridine rings is 1. The van der Waals surface area contributed by atoms with Gasteiger partial charge in [-0.05, 0) is 53.6 Å². The molecule has 0 saturated heterocycles. The van der Waals surface area contributed by atoms with Crippen LogP contribution in [0.15, 0.2) is 82.0 Å². The molecule has 4 N–H and O–H groups in total. The van der Waals surface area contributed by atoms with Gasteiger partial charge in [0.05, 0.1) is 16.8 Å². The monoisotopic (exact) mass is 542 g/mol. The fourth-order valence-electron chi connectivity index (χ4n) is 3.48. The first-order chi connectivity index (χ1) is 17.5. The normalized spacial score (nSPS) is 11.6. The second-order valence-corrected chi connectivity index (χ2v) is 9.05. The molecule has 0 fully saturated rings. The van der Waals surface area contributed by atoms with E-state index in [0.29, 0.717) is 11.1 Å². The van der Waals surface area contributed by atoms with E-state index in [2.05, 4.69) is 15.2 Å². The van der Waals surface area contributed by atoms with Gasteiger partial charge in [0.2, 0.25) is 0 Å². The van der Waals surface area contributed by atoms with Crippen molar-refractivity contribution in [1.29, 1.82) is 0 Å². The molecule has 0 aliphatic carbocycles. The third-order valence-electron chi connectivity index (χ3n) is 5.22. The van der Waals surface area contributed by atoms with Crippen LogP contribution < -0.4 is 29.6 Å². The molecule has 1 heterocycles. The third-order valence-corrected chi connectivity index (χ3v) is 6.11. The van der Waals surface area contributed by atoms with Gasteiger partial charge < -0.3 is 15.3 Å². The van der Waals surface area contributed by atoms with Gasteiger partial charge in [-0.1, -0.05) is 30.4 Å².